The minimum atomic E-state index is -2.85. The Kier molecular flexibility index (Phi) is 6.31. The fourth-order valence-corrected chi connectivity index (χ4v) is 1.51. The zero-order valence-corrected chi connectivity index (χ0v) is 9.49. The summed E-state index contributed by atoms with van der Waals surface area (Å²) in [5.74, 6) is -0.483. The summed E-state index contributed by atoms with van der Waals surface area (Å²) in [6.45, 7) is 1.11. The number of ether oxygens (including phenoxy) is 1. The van der Waals surface area contributed by atoms with Crippen molar-refractivity contribution < 1.29 is 23.4 Å². The fraction of sp³-hybridized carbons (Fsp3) is 0.900. The second-order valence-electron chi connectivity index (χ2n) is 3.97. The Morgan fingerprint density at radius 1 is 1.47 bits per heavy atom. The van der Waals surface area contributed by atoms with Gasteiger partial charge in [0.05, 0.1) is 6.10 Å². The van der Waals surface area contributed by atoms with Crippen LogP contribution in [0.4, 0.5) is 8.78 Å². The van der Waals surface area contributed by atoms with Crippen molar-refractivity contribution in [2.45, 2.75) is 31.5 Å². The molecular formula is C10H18F2N2O3. The summed E-state index contributed by atoms with van der Waals surface area (Å²) < 4.78 is 29.1. The molecule has 0 aromatic rings. The van der Waals surface area contributed by atoms with Crippen LogP contribution in [0.2, 0.25) is 0 Å². The Balaban J connectivity index is 2.08. The highest BCUT2D eigenvalue weighted by Crippen LogP contribution is 2.06. The molecule has 0 spiro atoms. The van der Waals surface area contributed by atoms with Gasteiger partial charge in [0.25, 0.3) is 6.43 Å². The highest BCUT2D eigenvalue weighted by atomic mass is 19.3. The van der Waals surface area contributed by atoms with Crippen LogP contribution < -0.4 is 10.6 Å². The SMILES string of the molecule is O=C(COC1CCNCC1)NCC(O)C(F)F. The standard InChI is InChI=1S/C10H18F2N2O3/c11-10(12)8(15)5-14-9(16)6-17-7-1-3-13-4-2-7/h7-8,10,13,15H,1-6H2,(H,14,16). The van der Waals surface area contributed by atoms with E-state index < -0.39 is 25.0 Å². The van der Waals surface area contributed by atoms with Crippen LogP contribution >= 0.6 is 0 Å². The van der Waals surface area contributed by atoms with Gasteiger partial charge >= 0.3 is 0 Å². The van der Waals surface area contributed by atoms with Gasteiger partial charge in [-0.25, -0.2) is 8.78 Å². The molecule has 3 N–H and O–H groups in total. The van der Waals surface area contributed by atoms with Crippen molar-refractivity contribution in [2.24, 2.45) is 0 Å². The summed E-state index contributed by atoms with van der Waals surface area (Å²) in [4.78, 5) is 11.2. The molecule has 0 radical (unpaired) electrons. The van der Waals surface area contributed by atoms with Gasteiger partial charge in [-0.1, -0.05) is 0 Å². The van der Waals surface area contributed by atoms with E-state index in [-0.39, 0.29) is 12.7 Å². The summed E-state index contributed by atoms with van der Waals surface area (Å²) in [5.41, 5.74) is 0. The molecule has 1 fully saturated rings. The first-order valence-electron chi connectivity index (χ1n) is 5.65. The lowest BCUT2D eigenvalue weighted by atomic mass is 10.1. The molecule has 0 aliphatic carbocycles. The number of hydrogen-bond donors (Lipinski definition) is 3. The van der Waals surface area contributed by atoms with Gasteiger partial charge in [0.1, 0.15) is 12.7 Å². The quantitative estimate of drug-likeness (QED) is 0.596. The van der Waals surface area contributed by atoms with E-state index in [1.54, 1.807) is 0 Å². The summed E-state index contributed by atoms with van der Waals surface area (Å²) in [7, 11) is 0. The minimum Gasteiger partial charge on any atom is -0.385 e. The maximum Gasteiger partial charge on any atom is 0.265 e. The Morgan fingerprint density at radius 2 is 2.12 bits per heavy atom. The maximum absolute atomic E-state index is 11.9. The highest BCUT2D eigenvalue weighted by molar-refractivity contribution is 5.77. The number of amides is 1. The van der Waals surface area contributed by atoms with Crippen LogP contribution in [0.1, 0.15) is 12.8 Å². The zero-order chi connectivity index (χ0) is 12.7. The van der Waals surface area contributed by atoms with Gasteiger partial charge in [-0.3, -0.25) is 4.79 Å². The molecule has 1 saturated heterocycles. The van der Waals surface area contributed by atoms with Crippen LogP contribution in [0.5, 0.6) is 0 Å². The number of aliphatic hydroxyl groups is 1. The Morgan fingerprint density at radius 3 is 2.71 bits per heavy atom. The zero-order valence-electron chi connectivity index (χ0n) is 9.49. The molecule has 100 valence electrons. The third-order valence-electron chi connectivity index (χ3n) is 2.54. The lowest BCUT2D eigenvalue weighted by Crippen LogP contribution is -2.39. The Labute approximate surface area is 98.5 Å². The molecule has 17 heavy (non-hydrogen) atoms. The fourth-order valence-electron chi connectivity index (χ4n) is 1.51. The van der Waals surface area contributed by atoms with Gasteiger partial charge in [0.15, 0.2) is 0 Å². The van der Waals surface area contributed by atoms with E-state index in [9.17, 15) is 13.6 Å². The normalized spacial score (nSPS) is 19.3. The number of aliphatic hydroxyl groups excluding tert-OH is 1. The van der Waals surface area contributed by atoms with Crippen molar-refractivity contribution in [3.8, 4) is 0 Å². The largest absolute Gasteiger partial charge is 0.385 e. The topological polar surface area (TPSA) is 70.6 Å². The summed E-state index contributed by atoms with van der Waals surface area (Å²) >= 11 is 0. The van der Waals surface area contributed by atoms with Crippen LogP contribution in [0, 0.1) is 0 Å². The van der Waals surface area contributed by atoms with Crippen molar-refractivity contribution in [1.29, 1.82) is 0 Å². The van der Waals surface area contributed by atoms with Gasteiger partial charge in [0.2, 0.25) is 5.91 Å². The number of alkyl halides is 2. The maximum atomic E-state index is 11.9. The molecule has 1 aliphatic rings. The molecule has 1 rings (SSSR count). The lowest BCUT2D eigenvalue weighted by molar-refractivity contribution is -0.129. The molecule has 1 atom stereocenters. The number of halogens is 2. The van der Waals surface area contributed by atoms with Crippen LogP contribution in [0.15, 0.2) is 0 Å². The lowest BCUT2D eigenvalue weighted by Gasteiger charge is -2.22. The minimum absolute atomic E-state index is 0.0435. The number of hydrogen-bond acceptors (Lipinski definition) is 4. The molecule has 0 bridgehead atoms. The average molecular weight is 252 g/mol. The van der Waals surface area contributed by atoms with Crippen LogP contribution in [0.25, 0.3) is 0 Å². The second-order valence-corrected chi connectivity index (χ2v) is 3.97. The third kappa shape index (κ3) is 5.90. The third-order valence-corrected chi connectivity index (χ3v) is 2.54. The molecule has 1 amide bonds. The van der Waals surface area contributed by atoms with Crippen molar-refractivity contribution >= 4 is 5.91 Å². The van der Waals surface area contributed by atoms with E-state index in [1.165, 1.54) is 0 Å². The summed E-state index contributed by atoms with van der Waals surface area (Å²) in [5, 5.41) is 14.1. The van der Waals surface area contributed by atoms with E-state index in [1.807, 2.05) is 0 Å². The second kappa shape index (κ2) is 7.52. The van der Waals surface area contributed by atoms with Crippen LogP contribution in [-0.2, 0) is 9.53 Å². The molecule has 0 saturated carbocycles. The number of piperidine rings is 1. The predicted octanol–water partition coefficient (Wildman–Crippen LogP) is -0.503. The van der Waals surface area contributed by atoms with E-state index in [0.717, 1.165) is 25.9 Å². The van der Waals surface area contributed by atoms with E-state index >= 15 is 0 Å². The monoisotopic (exact) mass is 252 g/mol. The van der Waals surface area contributed by atoms with Crippen molar-refractivity contribution in [3.63, 3.8) is 0 Å². The smallest absolute Gasteiger partial charge is 0.265 e. The van der Waals surface area contributed by atoms with Gasteiger partial charge in [0, 0.05) is 6.54 Å². The van der Waals surface area contributed by atoms with Crippen LogP contribution in [0.3, 0.4) is 0 Å². The highest BCUT2D eigenvalue weighted by Gasteiger charge is 2.18. The summed E-state index contributed by atoms with van der Waals surface area (Å²) in [6, 6.07) is 0. The van der Waals surface area contributed by atoms with E-state index in [0.29, 0.717) is 0 Å². The summed E-state index contributed by atoms with van der Waals surface area (Å²) in [6.07, 6.45) is -2.94. The predicted molar refractivity (Wildman–Crippen MR) is 56.9 cm³/mol. The number of carbonyl (C=O) groups is 1. The average Bonchev–Trinajstić information content (AvgIpc) is 2.34. The molecule has 7 heteroatoms. The Bertz CT molecular complexity index is 236. The Hall–Kier alpha value is -0.790. The van der Waals surface area contributed by atoms with E-state index in [2.05, 4.69) is 10.6 Å². The first kappa shape index (κ1) is 14.3. The van der Waals surface area contributed by atoms with Gasteiger partial charge in [-0.2, -0.15) is 0 Å². The van der Waals surface area contributed by atoms with Crippen molar-refractivity contribution in [1.82, 2.24) is 10.6 Å². The van der Waals surface area contributed by atoms with Crippen molar-refractivity contribution in [3.05, 3.63) is 0 Å². The van der Waals surface area contributed by atoms with Crippen molar-refractivity contribution in [2.75, 3.05) is 26.2 Å². The molecule has 0 aromatic heterocycles. The van der Waals surface area contributed by atoms with Gasteiger partial charge in [-0.15, -0.1) is 0 Å². The van der Waals surface area contributed by atoms with Gasteiger partial charge < -0.3 is 20.5 Å². The number of carbonyl (C=O) groups excluding carboxylic acids is 1. The number of rotatable bonds is 6. The molecule has 1 unspecified atom stereocenters. The van der Waals surface area contributed by atoms with E-state index in [4.69, 9.17) is 9.84 Å². The van der Waals surface area contributed by atoms with Crippen LogP contribution in [-0.4, -0.2) is 55.9 Å². The molecule has 1 aliphatic heterocycles. The molecule has 0 aromatic carbocycles. The first-order valence-corrected chi connectivity index (χ1v) is 5.65. The van der Waals surface area contributed by atoms with Gasteiger partial charge in [-0.05, 0) is 25.9 Å². The first-order chi connectivity index (χ1) is 8.09. The molecule has 5 nitrogen and oxygen atoms in total. The molecular weight excluding hydrogens is 234 g/mol. The molecule has 1 heterocycles. The number of nitrogens with one attached hydrogen (secondary N) is 2.